The van der Waals surface area contributed by atoms with Crippen LogP contribution in [0.4, 0.5) is 0 Å². The van der Waals surface area contributed by atoms with E-state index in [4.69, 9.17) is 0 Å². The lowest BCUT2D eigenvalue weighted by Crippen LogP contribution is -2.60. The van der Waals surface area contributed by atoms with Gasteiger partial charge in [0.1, 0.15) is 0 Å². The van der Waals surface area contributed by atoms with E-state index in [1.54, 1.807) is 17.2 Å². The zero-order chi connectivity index (χ0) is 18.3. The van der Waals surface area contributed by atoms with Crippen LogP contribution >= 0.6 is 0 Å². The van der Waals surface area contributed by atoms with Crippen molar-refractivity contribution in [3.05, 3.63) is 42.1 Å². The van der Waals surface area contributed by atoms with Crippen molar-refractivity contribution in [2.24, 2.45) is 0 Å². The summed E-state index contributed by atoms with van der Waals surface area (Å²) in [6.45, 7) is 4.24. The Kier molecular flexibility index (Phi) is 4.44. The van der Waals surface area contributed by atoms with Crippen molar-refractivity contribution in [3.8, 4) is 0 Å². The number of sulfone groups is 1. The summed E-state index contributed by atoms with van der Waals surface area (Å²) >= 11 is 0. The Hall–Kier alpha value is -1.99. The van der Waals surface area contributed by atoms with E-state index in [1.165, 1.54) is 0 Å². The molecule has 1 aromatic heterocycles. The second-order valence-corrected chi connectivity index (χ2v) is 9.28. The van der Waals surface area contributed by atoms with E-state index in [0.29, 0.717) is 24.2 Å². The lowest BCUT2D eigenvalue weighted by atomic mass is 10.0. The third-order valence-electron chi connectivity index (χ3n) is 5.43. The van der Waals surface area contributed by atoms with Crippen LogP contribution in [-0.4, -0.2) is 72.3 Å². The molecule has 2 aliphatic heterocycles. The molecule has 1 aromatic carbocycles. The molecule has 7 heteroatoms. The average Bonchev–Trinajstić information content (AvgIpc) is 2.96. The number of benzene rings is 1. The van der Waals surface area contributed by atoms with Gasteiger partial charge in [-0.15, -0.1) is 0 Å². The molecule has 26 heavy (non-hydrogen) atoms. The van der Waals surface area contributed by atoms with Crippen LogP contribution in [0.1, 0.15) is 23.7 Å². The van der Waals surface area contributed by atoms with Crippen molar-refractivity contribution in [1.29, 1.82) is 0 Å². The Labute approximate surface area is 153 Å². The van der Waals surface area contributed by atoms with Crippen LogP contribution in [-0.2, 0) is 9.84 Å². The van der Waals surface area contributed by atoms with Crippen LogP contribution in [0.2, 0.25) is 0 Å². The lowest BCUT2D eigenvalue weighted by Gasteiger charge is -2.44. The molecule has 1 amide bonds. The summed E-state index contributed by atoms with van der Waals surface area (Å²) in [6, 6.07) is 8.98. The van der Waals surface area contributed by atoms with E-state index >= 15 is 0 Å². The summed E-state index contributed by atoms with van der Waals surface area (Å²) in [6.07, 6.45) is 2.66. The van der Waals surface area contributed by atoms with Crippen molar-refractivity contribution >= 4 is 26.6 Å². The fourth-order valence-electron chi connectivity index (χ4n) is 4.27. The summed E-state index contributed by atoms with van der Waals surface area (Å²) in [5, 5.41) is 0.915. The highest BCUT2D eigenvalue weighted by molar-refractivity contribution is 7.91. The molecule has 138 valence electrons. The SMILES string of the molecule is CCCN1CCN(C(=O)c2cccc3cccnc23)[C@H]2CS(=O)(=O)C[C@H]21. The van der Waals surface area contributed by atoms with Crippen molar-refractivity contribution in [2.75, 3.05) is 31.1 Å². The molecule has 2 aromatic rings. The van der Waals surface area contributed by atoms with Gasteiger partial charge in [-0.25, -0.2) is 8.42 Å². The summed E-state index contributed by atoms with van der Waals surface area (Å²) < 4.78 is 24.6. The van der Waals surface area contributed by atoms with Crippen molar-refractivity contribution in [1.82, 2.24) is 14.8 Å². The van der Waals surface area contributed by atoms with Crippen molar-refractivity contribution < 1.29 is 13.2 Å². The molecule has 0 bridgehead atoms. The summed E-state index contributed by atoms with van der Waals surface area (Å²) in [7, 11) is -3.12. The number of amides is 1. The minimum absolute atomic E-state index is 0.0574. The van der Waals surface area contributed by atoms with Gasteiger partial charge in [0, 0.05) is 30.7 Å². The highest BCUT2D eigenvalue weighted by atomic mass is 32.2. The minimum atomic E-state index is -3.12. The maximum atomic E-state index is 13.3. The fraction of sp³-hybridized carbons (Fsp3) is 0.474. The number of piperazine rings is 1. The number of carbonyl (C=O) groups excluding carboxylic acids is 1. The number of pyridine rings is 1. The molecular formula is C19H23N3O3S. The van der Waals surface area contributed by atoms with Crippen molar-refractivity contribution in [2.45, 2.75) is 25.4 Å². The summed E-state index contributed by atoms with van der Waals surface area (Å²) in [4.78, 5) is 21.7. The van der Waals surface area contributed by atoms with Gasteiger partial charge in [0.25, 0.3) is 5.91 Å². The van der Waals surface area contributed by atoms with E-state index in [0.717, 1.165) is 18.4 Å². The average molecular weight is 373 g/mol. The number of para-hydroxylation sites is 1. The molecular weight excluding hydrogens is 350 g/mol. The van der Waals surface area contributed by atoms with Crippen LogP contribution in [0.15, 0.2) is 36.5 Å². The maximum absolute atomic E-state index is 13.3. The van der Waals surface area contributed by atoms with Gasteiger partial charge < -0.3 is 4.90 Å². The second-order valence-electron chi connectivity index (χ2n) is 7.13. The van der Waals surface area contributed by atoms with Gasteiger partial charge in [0.05, 0.1) is 28.6 Å². The predicted octanol–water partition coefficient (Wildman–Crippen LogP) is 1.57. The van der Waals surface area contributed by atoms with E-state index in [2.05, 4.69) is 16.8 Å². The quantitative estimate of drug-likeness (QED) is 0.817. The van der Waals surface area contributed by atoms with Crippen LogP contribution in [0, 0.1) is 0 Å². The summed E-state index contributed by atoms with van der Waals surface area (Å²) in [5.74, 6) is 0.0920. The molecule has 2 saturated heterocycles. The molecule has 0 unspecified atom stereocenters. The predicted molar refractivity (Wildman–Crippen MR) is 101 cm³/mol. The van der Waals surface area contributed by atoms with Gasteiger partial charge in [0.15, 0.2) is 9.84 Å². The largest absolute Gasteiger partial charge is 0.332 e. The number of hydrogen-bond donors (Lipinski definition) is 0. The van der Waals surface area contributed by atoms with E-state index in [-0.39, 0.29) is 29.5 Å². The first-order chi connectivity index (χ1) is 12.5. The molecule has 2 aliphatic rings. The fourth-order valence-corrected chi connectivity index (χ4v) is 6.29. The molecule has 2 atom stereocenters. The smallest absolute Gasteiger partial charge is 0.256 e. The number of fused-ring (bicyclic) bond motifs is 2. The third kappa shape index (κ3) is 2.99. The highest BCUT2D eigenvalue weighted by Gasteiger charge is 2.47. The molecule has 0 spiro atoms. The van der Waals surface area contributed by atoms with Gasteiger partial charge in [-0.3, -0.25) is 14.7 Å². The number of carbonyl (C=O) groups is 1. The van der Waals surface area contributed by atoms with Gasteiger partial charge >= 0.3 is 0 Å². The van der Waals surface area contributed by atoms with Crippen LogP contribution in [0.5, 0.6) is 0 Å². The zero-order valence-corrected chi connectivity index (χ0v) is 15.7. The monoisotopic (exact) mass is 373 g/mol. The van der Waals surface area contributed by atoms with Crippen molar-refractivity contribution in [3.63, 3.8) is 0 Å². The topological polar surface area (TPSA) is 70.6 Å². The number of hydrogen-bond acceptors (Lipinski definition) is 5. The molecule has 2 fully saturated rings. The lowest BCUT2D eigenvalue weighted by molar-refractivity contribution is 0.0334. The van der Waals surface area contributed by atoms with Gasteiger partial charge in [0.2, 0.25) is 0 Å². The molecule has 0 saturated carbocycles. The van der Waals surface area contributed by atoms with Gasteiger partial charge in [-0.1, -0.05) is 25.1 Å². The van der Waals surface area contributed by atoms with Gasteiger partial charge in [-0.2, -0.15) is 0 Å². The first-order valence-corrected chi connectivity index (χ1v) is 10.9. The van der Waals surface area contributed by atoms with Gasteiger partial charge in [-0.05, 0) is 25.1 Å². The minimum Gasteiger partial charge on any atom is -0.332 e. The molecule has 0 N–H and O–H groups in total. The van der Waals surface area contributed by atoms with Crippen LogP contribution < -0.4 is 0 Å². The third-order valence-corrected chi connectivity index (χ3v) is 7.12. The zero-order valence-electron chi connectivity index (χ0n) is 14.8. The number of aromatic nitrogens is 1. The Balaban J connectivity index is 1.70. The molecule has 0 radical (unpaired) electrons. The second kappa shape index (κ2) is 6.63. The summed E-state index contributed by atoms with van der Waals surface area (Å²) in [5.41, 5.74) is 1.23. The highest BCUT2D eigenvalue weighted by Crippen LogP contribution is 2.29. The number of rotatable bonds is 3. The van der Waals surface area contributed by atoms with Crippen LogP contribution in [0.3, 0.4) is 0 Å². The maximum Gasteiger partial charge on any atom is 0.256 e. The first-order valence-electron chi connectivity index (χ1n) is 9.09. The number of nitrogens with zero attached hydrogens (tertiary/aromatic N) is 3. The first kappa shape index (κ1) is 17.4. The van der Waals surface area contributed by atoms with E-state index in [1.807, 2.05) is 24.3 Å². The molecule has 4 rings (SSSR count). The molecule has 3 heterocycles. The van der Waals surface area contributed by atoms with E-state index in [9.17, 15) is 13.2 Å². The van der Waals surface area contributed by atoms with E-state index < -0.39 is 9.84 Å². The Bertz CT molecular complexity index is 939. The van der Waals surface area contributed by atoms with Crippen LogP contribution in [0.25, 0.3) is 10.9 Å². The molecule has 0 aliphatic carbocycles. The normalized spacial score (nSPS) is 25.3. The Morgan fingerprint density at radius 3 is 2.73 bits per heavy atom. The standard InChI is InChI=1S/C19H23N3O3S/c1-2-9-21-10-11-22(17-13-26(24,25)12-16(17)21)19(23)15-7-3-5-14-6-4-8-20-18(14)15/h3-8,16-17H,2,9-13H2,1H3/t16-,17+/m1/s1. The Morgan fingerprint density at radius 2 is 1.92 bits per heavy atom. The molecule has 6 nitrogen and oxygen atoms in total. The Morgan fingerprint density at radius 1 is 1.15 bits per heavy atom.